The molecule has 4 nitrogen and oxygen atoms in total. The van der Waals surface area contributed by atoms with Crippen molar-refractivity contribution in [2.75, 3.05) is 0 Å². The molecule has 0 bridgehead atoms. The van der Waals surface area contributed by atoms with Crippen molar-refractivity contribution in [1.29, 1.82) is 0 Å². The summed E-state index contributed by atoms with van der Waals surface area (Å²) in [5.74, 6) is -0.551. The van der Waals surface area contributed by atoms with Crippen molar-refractivity contribution in [3.8, 4) is 11.8 Å². The van der Waals surface area contributed by atoms with E-state index in [9.17, 15) is 10.2 Å². The first-order chi connectivity index (χ1) is 5.72. The Morgan fingerprint density at radius 3 is 2.67 bits per heavy atom. The number of hydrogen-bond acceptors (Lipinski definition) is 3. The lowest BCUT2D eigenvalue weighted by atomic mass is 10.0. The van der Waals surface area contributed by atoms with E-state index >= 15 is 0 Å². The van der Waals surface area contributed by atoms with Gasteiger partial charge in [-0.1, -0.05) is 12.2 Å². The quantitative estimate of drug-likeness (QED) is 0.507. The summed E-state index contributed by atoms with van der Waals surface area (Å²) in [4.78, 5) is 0. The van der Waals surface area contributed by atoms with Crippen LogP contribution in [0, 0.1) is 0 Å². The molecule has 0 saturated carbocycles. The van der Waals surface area contributed by atoms with Gasteiger partial charge in [-0.05, 0) is 12.8 Å². The van der Waals surface area contributed by atoms with Crippen molar-refractivity contribution in [2.24, 2.45) is 0 Å². The van der Waals surface area contributed by atoms with Crippen LogP contribution in [0.4, 0.5) is 0 Å². The summed E-state index contributed by atoms with van der Waals surface area (Å²) in [5, 5.41) is 27.6. The van der Waals surface area contributed by atoms with Crippen LogP contribution in [0.15, 0.2) is 6.08 Å². The van der Waals surface area contributed by atoms with Crippen LogP contribution >= 0.6 is 0 Å². The Morgan fingerprint density at radius 1 is 1.25 bits per heavy atom. The maximum absolute atomic E-state index is 9.28. The molecule has 0 aliphatic heterocycles. The van der Waals surface area contributed by atoms with Crippen molar-refractivity contribution in [3.63, 3.8) is 0 Å². The fraction of sp³-hybridized carbons (Fsp3) is 0.250. The Bertz CT molecular complexity index is 352. The van der Waals surface area contributed by atoms with Gasteiger partial charge in [0.05, 0.1) is 0 Å². The molecule has 0 atom stereocenters. The third-order valence-electron chi connectivity index (χ3n) is 2.08. The van der Waals surface area contributed by atoms with Crippen LogP contribution in [0.1, 0.15) is 17.5 Å². The van der Waals surface area contributed by atoms with Gasteiger partial charge >= 0.3 is 0 Å². The van der Waals surface area contributed by atoms with Gasteiger partial charge in [-0.2, -0.15) is 0 Å². The third-order valence-corrected chi connectivity index (χ3v) is 2.08. The highest BCUT2D eigenvalue weighted by Crippen LogP contribution is 2.36. The third kappa shape index (κ3) is 0.717. The monoisotopic (exact) mass is 167 g/mol. The van der Waals surface area contributed by atoms with E-state index in [1.54, 1.807) is 6.08 Å². The highest BCUT2D eigenvalue weighted by atomic mass is 16.5. The average Bonchev–Trinajstić information content (AvgIpc) is 2.33. The molecule has 0 aromatic carbocycles. The predicted molar refractivity (Wildman–Crippen MR) is 42.3 cm³/mol. The Kier molecular flexibility index (Phi) is 1.30. The minimum absolute atomic E-state index is 0.258. The van der Waals surface area contributed by atoms with Gasteiger partial charge in [0.1, 0.15) is 0 Å². The zero-order chi connectivity index (χ0) is 8.72. The van der Waals surface area contributed by atoms with Gasteiger partial charge in [0.25, 0.3) is 0 Å². The van der Waals surface area contributed by atoms with Crippen molar-refractivity contribution >= 4 is 6.08 Å². The number of rotatable bonds is 0. The molecular formula is C8H9NO3. The van der Waals surface area contributed by atoms with Crippen molar-refractivity contribution < 1.29 is 15.4 Å². The average molecular weight is 167 g/mol. The van der Waals surface area contributed by atoms with E-state index in [2.05, 4.69) is 0 Å². The molecule has 12 heavy (non-hydrogen) atoms. The normalized spacial score (nSPS) is 14.7. The predicted octanol–water partition coefficient (Wildman–Crippen LogP) is 1.10. The molecule has 64 valence electrons. The zero-order valence-corrected chi connectivity index (χ0v) is 6.36. The topological polar surface area (TPSA) is 65.6 Å². The van der Waals surface area contributed by atoms with E-state index in [4.69, 9.17) is 5.21 Å². The van der Waals surface area contributed by atoms with Crippen LogP contribution in [-0.4, -0.2) is 20.2 Å². The summed E-state index contributed by atoms with van der Waals surface area (Å²) >= 11 is 0. The molecular weight excluding hydrogens is 158 g/mol. The SMILES string of the molecule is Oc1c2c(c(O)n1O)CCC=C2. The van der Waals surface area contributed by atoms with E-state index in [-0.39, 0.29) is 11.8 Å². The Morgan fingerprint density at radius 2 is 2.00 bits per heavy atom. The summed E-state index contributed by atoms with van der Waals surface area (Å²) in [7, 11) is 0. The smallest absolute Gasteiger partial charge is 0.236 e. The van der Waals surface area contributed by atoms with E-state index in [0.717, 1.165) is 6.42 Å². The van der Waals surface area contributed by atoms with Crippen LogP contribution in [0.3, 0.4) is 0 Å². The van der Waals surface area contributed by atoms with Crippen LogP contribution in [0.5, 0.6) is 11.8 Å². The summed E-state index contributed by atoms with van der Waals surface area (Å²) in [6, 6.07) is 0. The summed E-state index contributed by atoms with van der Waals surface area (Å²) < 4.78 is 0.403. The maximum atomic E-state index is 9.28. The molecule has 0 radical (unpaired) electrons. The van der Waals surface area contributed by atoms with E-state index < -0.39 is 0 Å². The Labute approximate surface area is 69.0 Å². The zero-order valence-electron chi connectivity index (χ0n) is 6.36. The van der Waals surface area contributed by atoms with Gasteiger partial charge in [-0.15, -0.1) is 4.73 Å². The molecule has 3 N–H and O–H groups in total. The Balaban J connectivity index is 2.70. The van der Waals surface area contributed by atoms with Crippen LogP contribution in [-0.2, 0) is 6.42 Å². The second-order valence-electron chi connectivity index (χ2n) is 2.79. The van der Waals surface area contributed by atoms with Crippen LogP contribution in [0.25, 0.3) is 6.08 Å². The van der Waals surface area contributed by atoms with Gasteiger partial charge in [0, 0.05) is 11.1 Å². The lowest BCUT2D eigenvalue weighted by Gasteiger charge is -2.02. The molecule has 4 heteroatoms. The molecule has 0 spiro atoms. The van der Waals surface area contributed by atoms with Gasteiger partial charge in [0.15, 0.2) is 0 Å². The Hall–Kier alpha value is -1.58. The van der Waals surface area contributed by atoms with Gasteiger partial charge in [-0.3, -0.25) is 0 Å². The number of aromatic nitrogens is 1. The van der Waals surface area contributed by atoms with Crippen molar-refractivity contribution in [1.82, 2.24) is 4.73 Å². The first-order valence-corrected chi connectivity index (χ1v) is 3.73. The second-order valence-corrected chi connectivity index (χ2v) is 2.79. The molecule has 1 heterocycles. The second kappa shape index (κ2) is 2.20. The number of hydrogen-bond donors (Lipinski definition) is 3. The lowest BCUT2D eigenvalue weighted by Crippen LogP contribution is -1.89. The molecule has 1 aliphatic carbocycles. The molecule has 1 aromatic rings. The first-order valence-electron chi connectivity index (χ1n) is 3.73. The summed E-state index contributed by atoms with van der Waals surface area (Å²) in [6.45, 7) is 0. The van der Waals surface area contributed by atoms with Crippen LogP contribution in [0.2, 0.25) is 0 Å². The number of aromatic hydroxyl groups is 2. The van der Waals surface area contributed by atoms with E-state index in [0.29, 0.717) is 22.3 Å². The minimum atomic E-state index is -0.293. The van der Waals surface area contributed by atoms with E-state index in [1.807, 2.05) is 6.08 Å². The molecule has 0 unspecified atom stereocenters. The number of fused-ring (bicyclic) bond motifs is 1. The molecule has 0 saturated heterocycles. The first kappa shape index (κ1) is 7.09. The van der Waals surface area contributed by atoms with Crippen molar-refractivity contribution in [2.45, 2.75) is 12.8 Å². The van der Waals surface area contributed by atoms with Crippen molar-refractivity contribution in [3.05, 3.63) is 17.2 Å². The fourth-order valence-electron chi connectivity index (χ4n) is 1.45. The minimum Gasteiger partial charge on any atom is -0.492 e. The maximum Gasteiger partial charge on any atom is 0.236 e. The van der Waals surface area contributed by atoms with Gasteiger partial charge in [0.2, 0.25) is 11.8 Å². The number of allylic oxidation sites excluding steroid dienone is 1. The fourth-order valence-corrected chi connectivity index (χ4v) is 1.45. The lowest BCUT2D eigenvalue weighted by molar-refractivity contribution is 0.130. The molecule has 2 rings (SSSR count). The summed E-state index contributed by atoms with van der Waals surface area (Å²) in [5.41, 5.74) is 1.12. The van der Waals surface area contributed by atoms with Gasteiger partial charge in [-0.25, -0.2) is 0 Å². The molecule has 1 aromatic heterocycles. The molecule has 1 aliphatic rings. The largest absolute Gasteiger partial charge is 0.492 e. The number of nitrogens with zero attached hydrogens (tertiary/aromatic N) is 1. The summed E-state index contributed by atoms with van der Waals surface area (Å²) in [6.07, 6.45) is 5.06. The van der Waals surface area contributed by atoms with Crippen LogP contribution < -0.4 is 0 Å². The molecule has 0 fully saturated rings. The van der Waals surface area contributed by atoms with E-state index in [1.165, 1.54) is 0 Å². The molecule has 0 amide bonds. The highest BCUT2D eigenvalue weighted by Gasteiger charge is 2.21. The van der Waals surface area contributed by atoms with Gasteiger partial charge < -0.3 is 15.4 Å². The highest BCUT2D eigenvalue weighted by molar-refractivity contribution is 5.65. The standard InChI is InChI=1S/C8H9NO3/c10-7-5-3-1-2-4-6(5)8(11)9(7)12/h1,3,10-12H,2,4H2.